The van der Waals surface area contributed by atoms with Gasteiger partial charge in [0.05, 0.1) is 11.1 Å². The monoisotopic (exact) mass is 200 g/mol. The van der Waals surface area contributed by atoms with Crippen molar-refractivity contribution in [2.75, 3.05) is 0 Å². The molecule has 1 aromatic carbocycles. The van der Waals surface area contributed by atoms with Gasteiger partial charge in [-0.25, -0.2) is 13.6 Å². The molecule has 0 aromatic heterocycles. The summed E-state index contributed by atoms with van der Waals surface area (Å²) in [6.45, 7) is 0. The highest BCUT2D eigenvalue weighted by atomic mass is 32.2. The van der Waals surface area contributed by atoms with Crippen LogP contribution in [-0.2, 0) is 10.0 Å². The van der Waals surface area contributed by atoms with E-state index in [0.717, 1.165) is 6.21 Å². The van der Waals surface area contributed by atoms with Crippen molar-refractivity contribution in [2.24, 2.45) is 10.3 Å². The minimum absolute atomic E-state index is 0.00935. The highest BCUT2D eigenvalue weighted by Gasteiger charge is 2.06. The smallest absolute Gasteiger partial charge is 0.238 e. The first kappa shape index (κ1) is 9.69. The molecule has 1 aromatic rings. The minimum Gasteiger partial charge on any atom is -0.411 e. The Morgan fingerprint density at radius 3 is 2.69 bits per heavy atom. The minimum atomic E-state index is -3.69. The Hall–Kier alpha value is -1.40. The van der Waals surface area contributed by atoms with Gasteiger partial charge in [-0.1, -0.05) is 17.3 Å². The third-order valence-electron chi connectivity index (χ3n) is 1.39. The SMILES string of the molecule is NS(=O)(=O)c1cccc(C=NO)c1. The van der Waals surface area contributed by atoms with E-state index in [1.807, 2.05) is 0 Å². The predicted octanol–water partition coefficient (Wildman–Crippen LogP) is 0.142. The lowest BCUT2D eigenvalue weighted by molar-refractivity contribution is 0.322. The normalized spacial score (nSPS) is 12.1. The maximum Gasteiger partial charge on any atom is 0.238 e. The van der Waals surface area contributed by atoms with Crippen LogP contribution in [-0.4, -0.2) is 19.8 Å². The zero-order chi connectivity index (χ0) is 9.90. The fraction of sp³-hybridized carbons (Fsp3) is 0. The highest BCUT2D eigenvalue weighted by Crippen LogP contribution is 2.07. The van der Waals surface area contributed by atoms with Gasteiger partial charge in [0.15, 0.2) is 0 Å². The quantitative estimate of drug-likeness (QED) is 0.404. The van der Waals surface area contributed by atoms with Gasteiger partial charge in [0, 0.05) is 0 Å². The third-order valence-corrected chi connectivity index (χ3v) is 2.30. The maximum atomic E-state index is 10.9. The predicted molar refractivity (Wildman–Crippen MR) is 47.2 cm³/mol. The van der Waals surface area contributed by atoms with E-state index in [0.29, 0.717) is 5.56 Å². The average molecular weight is 200 g/mol. The van der Waals surface area contributed by atoms with E-state index in [1.54, 1.807) is 6.07 Å². The zero-order valence-corrected chi connectivity index (χ0v) is 7.40. The number of nitrogens with zero attached hydrogens (tertiary/aromatic N) is 1. The van der Waals surface area contributed by atoms with E-state index in [9.17, 15) is 8.42 Å². The van der Waals surface area contributed by atoms with Crippen molar-refractivity contribution >= 4 is 16.2 Å². The van der Waals surface area contributed by atoms with Gasteiger partial charge in [-0.05, 0) is 17.7 Å². The van der Waals surface area contributed by atoms with E-state index in [2.05, 4.69) is 5.16 Å². The molecular formula is C7H8N2O3S. The number of hydrogen-bond acceptors (Lipinski definition) is 4. The number of benzene rings is 1. The van der Waals surface area contributed by atoms with Crippen LogP contribution in [0.25, 0.3) is 0 Å². The van der Waals surface area contributed by atoms with Crippen molar-refractivity contribution in [1.82, 2.24) is 0 Å². The van der Waals surface area contributed by atoms with Gasteiger partial charge < -0.3 is 5.21 Å². The highest BCUT2D eigenvalue weighted by molar-refractivity contribution is 7.89. The molecule has 3 N–H and O–H groups in total. The third kappa shape index (κ3) is 2.53. The maximum absolute atomic E-state index is 10.9. The summed E-state index contributed by atoms with van der Waals surface area (Å²) in [5.74, 6) is 0. The molecule has 70 valence electrons. The Balaban J connectivity index is 3.21. The molecule has 0 saturated carbocycles. The summed E-state index contributed by atoms with van der Waals surface area (Å²) in [5.41, 5.74) is 0.467. The summed E-state index contributed by atoms with van der Waals surface area (Å²) in [4.78, 5) is -0.00935. The molecule has 0 aliphatic heterocycles. The first-order valence-corrected chi connectivity index (χ1v) is 4.89. The average Bonchev–Trinajstić information content (AvgIpc) is 2.04. The summed E-state index contributed by atoms with van der Waals surface area (Å²) in [6, 6.07) is 5.78. The van der Waals surface area contributed by atoms with Gasteiger partial charge in [-0.15, -0.1) is 0 Å². The van der Waals surface area contributed by atoms with Crippen molar-refractivity contribution in [2.45, 2.75) is 4.90 Å². The Kier molecular flexibility index (Phi) is 2.64. The molecular weight excluding hydrogens is 192 g/mol. The van der Waals surface area contributed by atoms with Crippen molar-refractivity contribution in [3.8, 4) is 0 Å². The van der Waals surface area contributed by atoms with Gasteiger partial charge in [0.2, 0.25) is 10.0 Å². The lowest BCUT2D eigenvalue weighted by atomic mass is 10.2. The topological polar surface area (TPSA) is 92.8 Å². The number of rotatable bonds is 2. The molecule has 0 aliphatic carbocycles. The molecule has 13 heavy (non-hydrogen) atoms. The van der Waals surface area contributed by atoms with Gasteiger partial charge in [-0.3, -0.25) is 0 Å². The summed E-state index contributed by atoms with van der Waals surface area (Å²) in [5, 5.41) is 15.9. The molecule has 0 unspecified atom stereocenters. The fourth-order valence-electron chi connectivity index (χ4n) is 0.838. The first-order valence-electron chi connectivity index (χ1n) is 3.34. The van der Waals surface area contributed by atoms with Gasteiger partial charge in [0.1, 0.15) is 0 Å². The fourth-order valence-corrected chi connectivity index (χ4v) is 1.41. The summed E-state index contributed by atoms with van der Waals surface area (Å²) in [6.07, 6.45) is 1.12. The molecule has 0 amide bonds. The molecule has 6 heteroatoms. The molecule has 0 atom stereocenters. The van der Waals surface area contributed by atoms with Crippen LogP contribution in [0.15, 0.2) is 34.3 Å². The van der Waals surface area contributed by atoms with E-state index < -0.39 is 10.0 Å². The van der Waals surface area contributed by atoms with E-state index in [1.165, 1.54) is 18.2 Å². The van der Waals surface area contributed by atoms with Crippen LogP contribution >= 0.6 is 0 Å². The number of hydrogen-bond donors (Lipinski definition) is 2. The van der Waals surface area contributed by atoms with Crippen molar-refractivity contribution in [3.05, 3.63) is 29.8 Å². The zero-order valence-electron chi connectivity index (χ0n) is 6.58. The number of oxime groups is 1. The Morgan fingerprint density at radius 1 is 1.46 bits per heavy atom. The molecule has 0 aliphatic rings. The first-order chi connectivity index (χ1) is 6.04. The summed E-state index contributed by atoms with van der Waals surface area (Å²) < 4.78 is 21.7. The number of nitrogens with two attached hydrogens (primary N) is 1. The summed E-state index contributed by atoms with van der Waals surface area (Å²) >= 11 is 0. The molecule has 0 bridgehead atoms. The molecule has 1 rings (SSSR count). The molecule has 0 spiro atoms. The van der Waals surface area contributed by atoms with Gasteiger partial charge in [-0.2, -0.15) is 0 Å². The van der Waals surface area contributed by atoms with Crippen LogP contribution in [0.2, 0.25) is 0 Å². The lowest BCUT2D eigenvalue weighted by Crippen LogP contribution is -2.12. The second-order valence-electron chi connectivity index (χ2n) is 2.36. The standard InChI is InChI=1S/C7H8N2O3S/c8-13(11,12)7-3-1-2-6(4-7)5-9-10/h1-5,10H,(H2,8,11,12). The Morgan fingerprint density at radius 2 is 2.15 bits per heavy atom. The van der Waals surface area contributed by atoms with Crippen LogP contribution in [0.3, 0.4) is 0 Å². The molecule has 0 fully saturated rings. The Labute approximate surface area is 75.5 Å². The summed E-state index contributed by atoms with van der Waals surface area (Å²) in [7, 11) is -3.69. The van der Waals surface area contributed by atoms with Gasteiger partial charge in [0.25, 0.3) is 0 Å². The number of primary sulfonamides is 1. The molecule has 0 heterocycles. The second kappa shape index (κ2) is 3.55. The van der Waals surface area contributed by atoms with Crippen LogP contribution in [0.4, 0.5) is 0 Å². The van der Waals surface area contributed by atoms with Crippen LogP contribution in [0.1, 0.15) is 5.56 Å². The molecule has 0 saturated heterocycles. The molecule has 5 nitrogen and oxygen atoms in total. The lowest BCUT2D eigenvalue weighted by Gasteiger charge is -1.97. The second-order valence-corrected chi connectivity index (χ2v) is 3.92. The van der Waals surface area contributed by atoms with Crippen molar-refractivity contribution in [3.63, 3.8) is 0 Å². The van der Waals surface area contributed by atoms with Crippen LogP contribution in [0, 0.1) is 0 Å². The van der Waals surface area contributed by atoms with Crippen molar-refractivity contribution in [1.29, 1.82) is 0 Å². The van der Waals surface area contributed by atoms with E-state index in [4.69, 9.17) is 10.3 Å². The largest absolute Gasteiger partial charge is 0.411 e. The number of sulfonamides is 1. The van der Waals surface area contributed by atoms with Gasteiger partial charge >= 0.3 is 0 Å². The van der Waals surface area contributed by atoms with E-state index >= 15 is 0 Å². The van der Waals surface area contributed by atoms with Crippen molar-refractivity contribution < 1.29 is 13.6 Å². The van der Waals surface area contributed by atoms with E-state index in [-0.39, 0.29) is 4.90 Å². The Bertz CT molecular complexity index is 425. The van der Waals surface area contributed by atoms with Crippen LogP contribution in [0.5, 0.6) is 0 Å². The molecule has 0 radical (unpaired) electrons. The van der Waals surface area contributed by atoms with Crippen LogP contribution < -0.4 is 5.14 Å².